The summed E-state index contributed by atoms with van der Waals surface area (Å²) in [4.78, 5) is 23.8. The van der Waals surface area contributed by atoms with Crippen molar-refractivity contribution in [3.05, 3.63) is 22.4 Å². The van der Waals surface area contributed by atoms with Crippen molar-refractivity contribution >= 4 is 23.3 Å². The van der Waals surface area contributed by atoms with Gasteiger partial charge in [0, 0.05) is 20.1 Å². The highest BCUT2D eigenvalue weighted by molar-refractivity contribution is 7.07. The Morgan fingerprint density at radius 1 is 1.53 bits per heavy atom. The molecule has 0 saturated carbocycles. The predicted octanol–water partition coefficient (Wildman–Crippen LogP) is 1.12. The number of hydrogen-bond acceptors (Lipinski definition) is 4. The second kappa shape index (κ2) is 6.53. The largest absolute Gasteiger partial charge is 0.481 e. The molecule has 2 amide bonds. The summed E-state index contributed by atoms with van der Waals surface area (Å²) in [6.45, 7) is 1.74. The molecule has 0 spiro atoms. The number of urea groups is 1. The fraction of sp³-hybridized carbons (Fsp3) is 0.500. The summed E-state index contributed by atoms with van der Waals surface area (Å²) >= 11 is 1.55. The Bertz CT molecular complexity index is 431. The van der Waals surface area contributed by atoms with E-state index in [1.807, 2.05) is 16.8 Å². The average Bonchev–Trinajstić information content (AvgIpc) is 2.76. The summed E-state index contributed by atoms with van der Waals surface area (Å²) in [6, 6.07) is 1.58. The molecule has 1 aromatic heterocycles. The molecule has 19 heavy (non-hydrogen) atoms. The Morgan fingerprint density at radius 3 is 2.74 bits per heavy atom. The van der Waals surface area contributed by atoms with Crippen LogP contribution in [-0.2, 0) is 11.3 Å². The van der Waals surface area contributed by atoms with Gasteiger partial charge in [0.25, 0.3) is 0 Å². The summed E-state index contributed by atoms with van der Waals surface area (Å²) in [7, 11) is 1.64. The van der Waals surface area contributed by atoms with E-state index in [1.54, 1.807) is 18.4 Å². The monoisotopic (exact) mass is 286 g/mol. The highest BCUT2D eigenvalue weighted by Gasteiger charge is 2.25. The highest BCUT2D eigenvalue weighted by atomic mass is 32.1. The van der Waals surface area contributed by atoms with Gasteiger partial charge in [-0.25, -0.2) is 4.79 Å². The van der Waals surface area contributed by atoms with Crippen LogP contribution in [0.2, 0.25) is 0 Å². The van der Waals surface area contributed by atoms with Gasteiger partial charge >= 0.3 is 12.0 Å². The van der Waals surface area contributed by atoms with Gasteiger partial charge in [-0.15, -0.1) is 0 Å². The van der Waals surface area contributed by atoms with Crippen LogP contribution in [0.1, 0.15) is 18.9 Å². The van der Waals surface area contributed by atoms with Crippen LogP contribution in [0.3, 0.4) is 0 Å². The first-order chi connectivity index (χ1) is 8.80. The van der Waals surface area contributed by atoms with Gasteiger partial charge in [-0.3, -0.25) is 4.79 Å². The van der Waals surface area contributed by atoms with Gasteiger partial charge < -0.3 is 20.4 Å². The van der Waals surface area contributed by atoms with E-state index in [2.05, 4.69) is 5.32 Å². The fourth-order valence-electron chi connectivity index (χ4n) is 1.52. The number of rotatable bonds is 6. The van der Waals surface area contributed by atoms with Crippen molar-refractivity contribution in [2.75, 3.05) is 13.6 Å². The van der Waals surface area contributed by atoms with Gasteiger partial charge in [0.1, 0.15) is 0 Å². The topological polar surface area (TPSA) is 89.9 Å². The maximum atomic E-state index is 11.8. The molecule has 1 unspecified atom stereocenters. The van der Waals surface area contributed by atoms with E-state index >= 15 is 0 Å². The van der Waals surface area contributed by atoms with Crippen LogP contribution < -0.4 is 5.32 Å². The lowest BCUT2D eigenvalue weighted by Gasteiger charge is -2.24. The number of carboxylic acid groups (broad SMARTS) is 1. The van der Waals surface area contributed by atoms with Gasteiger partial charge in [-0.1, -0.05) is 0 Å². The minimum atomic E-state index is -1.45. The first-order valence-electron chi connectivity index (χ1n) is 5.74. The van der Waals surface area contributed by atoms with Crippen molar-refractivity contribution in [3.63, 3.8) is 0 Å². The third-order valence-corrected chi connectivity index (χ3v) is 3.23. The summed E-state index contributed by atoms with van der Waals surface area (Å²) in [5.74, 6) is -1.11. The Kier molecular flexibility index (Phi) is 5.31. The van der Waals surface area contributed by atoms with E-state index < -0.39 is 18.0 Å². The molecular formula is C12H18N2O4S. The molecule has 0 aliphatic rings. The summed E-state index contributed by atoms with van der Waals surface area (Å²) in [5, 5.41) is 24.8. The number of nitrogens with zero attached hydrogens (tertiary/aromatic N) is 1. The number of aliphatic carboxylic acids is 1. The number of nitrogens with one attached hydrogen (secondary N) is 1. The minimum absolute atomic E-state index is 0.105. The molecule has 1 atom stereocenters. The van der Waals surface area contributed by atoms with E-state index in [0.717, 1.165) is 5.56 Å². The highest BCUT2D eigenvalue weighted by Crippen LogP contribution is 2.10. The molecule has 0 fully saturated rings. The van der Waals surface area contributed by atoms with Crippen molar-refractivity contribution in [3.8, 4) is 0 Å². The van der Waals surface area contributed by atoms with Crippen molar-refractivity contribution in [2.45, 2.75) is 25.5 Å². The molecule has 0 aliphatic heterocycles. The van der Waals surface area contributed by atoms with Crippen molar-refractivity contribution in [1.82, 2.24) is 10.2 Å². The lowest BCUT2D eigenvalue weighted by atomic mass is 10.0. The average molecular weight is 286 g/mol. The van der Waals surface area contributed by atoms with Crippen molar-refractivity contribution in [2.24, 2.45) is 0 Å². The van der Waals surface area contributed by atoms with Crippen molar-refractivity contribution in [1.29, 1.82) is 0 Å². The summed E-state index contributed by atoms with van der Waals surface area (Å²) in [6.07, 6.45) is -0.415. The van der Waals surface area contributed by atoms with Gasteiger partial charge in [-0.05, 0) is 29.3 Å². The van der Waals surface area contributed by atoms with Gasteiger partial charge in [-0.2, -0.15) is 11.3 Å². The second-order valence-corrected chi connectivity index (χ2v) is 5.49. The van der Waals surface area contributed by atoms with E-state index in [4.69, 9.17) is 5.11 Å². The molecule has 1 rings (SSSR count). The summed E-state index contributed by atoms with van der Waals surface area (Å²) < 4.78 is 0. The zero-order valence-corrected chi connectivity index (χ0v) is 11.7. The number of carbonyl (C=O) groups excluding carboxylic acids is 1. The van der Waals surface area contributed by atoms with E-state index in [1.165, 1.54) is 11.8 Å². The van der Waals surface area contributed by atoms with Crippen LogP contribution in [-0.4, -0.2) is 46.3 Å². The van der Waals surface area contributed by atoms with Gasteiger partial charge in [0.2, 0.25) is 0 Å². The zero-order valence-electron chi connectivity index (χ0n) is 10.9. The number of aliphatic hydroxyl groups is 1. The normalized spacial score (nSPS) is 13.6. The van der Waals surface area contributed by atoms with Gasteiger partial charge in [0.05, 0.1) is 12.0 Å². The molecule has 0 radical (unpaired) electrons. The van der Waals surface area contributed by atoms with E-state index in [0.29, 0.717) is 6.54 Å². The number of amides is 2. The van der Waals surface area contributed by atoms with Crippen molar-refractivity contribution < 1.29 is 19.8 Å². The van der Waals surface area contributed by atoms with Crippen LogP contribution in [0.4, 0.5) is 4.79 Å². The SMILES string of the molecule is CN(Cc1ccsc1)C(=O)NCC(C)(O)CC(=O)O. The summed E-state index contributed by atoms with van der Waals surface area (Å²) in [5.41, 5.74) is -0.426. The standard InChI is InChI=1S/C12H18N2O4S/c1-12(18,5-10(15)16)8-13-11(17)14(2)6-9-3-4-19-7-9/h3-4,7,18H,5-6,8H2,1-2H3,(H,13,17)(H,15,16). The smallest absolute Gasteiger partial charge is 0.317 e. The second-order valence-electron chi connectivity index (χ2n) is 4.71. The molecule has 0 aliphatic carbocycles. The maximum Gasteiger partial charge on any atom is 0.317 e. The van der Waals surface area contributed by atoms with Crippen LogP contribution in [0.5, 0.6) is 0 Å². The molecule has 6 nitrogen and oxygen atoms in total. The Labute approximate surface area is 115 Å². The van der Waals surface area contributed by atoms with Crippen LogP contribution in [0.25, 0.3) is 0 Å². The molecule has 0 saturated heterocycles. The van der Waals surface area contributed by atoms with Gasteiger partial charge in [0.15, 0.2) is 0 Å². The zero-order chi connectivity index (χ0) is 14.5. The quantitative estimate of drug-likeness (QED) is 0.731. The molecule has 3 N–H and O–H groups in total. The Balaban J connectivity index is 2.40. The van der Waals surface area contributed by atoms with Crippen LogP contribution in [0, 0.1) is 0 Å². The molecular weight excluding hydrogens is 268 g/mol. The molecule has 0 aromatic carbocycles. The molecule has 1 heterocycles. The maximum absolute atomic E-state index is 11.8. The molecule has 1 aromatic rings. The lowest BCUT2D eigenvalue weighted by molar-refractivity contribution is -0.141. The number of thiophene rings is 1. The van der Waals surface area contributed by atoms with Crippen LogP contribution in [0.15, 0.2) is 16.8 Å². The Morgan fingerprint density at radius 2 is 2.21 bits per heavy atom. The number of carbonyl (C=O) groups is 2. The number of hydrogen-bond donors (Lipinski definition) is 3. The third kappa shape index (κ3) is 5.71. The molecule has 0 bridgehead atoms. The third-order valence-electron chi connectivity index (χ3n) is 2.50. The first-order valence-corrected chi connectivity index (χ1v) is 6.69. The lowest BCUT2D eigenvalue weighted by Crippen LogP contribution is -2.46. The van der Waals surface area contributed by atoms with E-state index in [9.17, 15) is 14.7 Å². The minimum Gasteiger partial charge on any atom is -0.481 e. The first kappa shape index (κ1) is 15.5. The Hall–Kier alpha value is -1.60. The number of carboxylic acids is 1. The molecule has 7 heteroatoms. The van der Waals surface area contributed by atoms with Crippen LogP contribution >= 0.6 is 11.3 Å². The fourth-order valence-corrected chi connectivity index (χ4v) is 2.18. The van der Waals surface area contributed by atoms with E-state index in [-0.39, 0.29) is 12.6 Å². The predicted molar refractivity (Wildman–Crippen MR) is 72.1 cm³/mol. The molecule has 106 valence electrons.